The second-order valence-electron chi connectivity index (χ2n) is 5.37. The van der Waals surface area contributed by atoms with Crippen molar-refractivity contribution in [3.63, 3.8) is 0 Å². The molecule has 0 radical (unpaired) electrons. The summed E-state index contributed by atoms with van der Waals surface area (Å²) in [6.07, 6.45) is 5.43. The Balaban J connectivity index is 1.77. The van der Waals surface area contributed by atoms with E-state index in [4.69, 9.17) is 4.74 Å². The largest absolute Gasteiger partial charge is 0.497 e. The predicted octanol–water partition coefficient (Wildman–Crippen LogP) is 1.62. The van der Waals surface area contributed by atoms with E-state index >= 15 is 0 Å². The smallest absolute Gasteiger partial charge is 0.159 e. The Bertz CT molecular complexity index is 566. The third-order valence-corrected chi connectivity index (χ3v) is 3.78. The summed E-state index contributed by atoms with van der Waals surface area (Å²) in [6, 6.07) is 3.82. The lowest BCUT2D eigenvalue weighted by Crippen LogP contribution is -2.33. The molecule has 1 saturated heterocycles. The second-order valence-corrected chi connectivity index (χ2v) is 5.37. The van der Waals surface area contributed by atoms with Gasteiger partial charge in [0.2, 0.25) is 0 Å². The summed E-state index contributed by atoms with van der Waals surface area (Å²) in [7, 11) is 3.86. The topological polar surface area (TPSA) is 42.7 Å². The van der Waals surface area contributed by atoms with Crippen LogP contribution in [0.1, 0.15) is 18.7 Å². The molecule has 0 amide bonds. The molecule has 3 heterocycles. The van der Waals surface area contributed by atoms with Gasteiger partial charge in [-0.15, -0.1) is 0 Å². The molecule has 5 heteroatoms. The van der Waals surface area contributed by atoms with E-state index in [9.17, 15) is 0 Å². The van der Waals surface area contributed by atoms with Gasteiger partial charge in [-0.25, -0.2) is 9.50 Å². The summed E-state index contributed by atoms with van der Waals surface area (Å²) < 4.78 is 7.03. The maximum atomic E-state index is 5.21. The molecule has 0 aliphatic carbocycles. The highest BCUT2D eigenvalue weighted by Gasteiger charge is 2.19. The first kappa shape index (κ1) is 12.4. The van der Waals surface area contributed by atoms with Gasteiger partial charge in [0, 0.05) is 25.2 Å². The number of nitrogens with zero attached hydrogens (tertiary/aromatic N) is 4. The zero-order valence-electron chi connectivity index (χ0n) is 11.5. The van der Waals surface area contributed by atoms with E-state index < -0.39 is 0 Å². The molecular weight excluding hydrogens is 240 g/mol. The molecule has 0 spiro atoms. The minimum atomic E-state index is 0.679. The molecule has 1 unspecified atom stereocenters. The summed E-state index contributed by atoms with van der Waals surface area (Å²) in [5, 5.41) is 4.54. The Hall–Kier alpha value is -1.62. The Morgan fingerprint density at radius 3 is 3.16 bits per heavy atom. The number of aromatic nitrogens is 3. The van der Waals surface area contributed by atoms with Crippen LogP contribution < -0.4 is 4.74 Å². The quantitative estimate of drug-likeness (QED) is 0.841. The van der Waals surface area contributed by atoms with Gasteiger partial charge >= 0.3 is 0 Å². The number of rotatable bonds is 3. The number of hydrogen-bond acceptors (Lipinski definition) is 4. The molecule has 0 bridgehead atoms. The number of fused-ring (bicyclic) bond motifs is 1. The molecule has 2 aromatic heterocycles. The van der Waals surface area contributed by atoms with E-state index in [2.05, 4.69) is 22.0 Å². The van der Waals surface area contributed by atoms with Gasteiger partial charge in [0.25, 0.3) is 0 Å². The molecule has 2 aromatic rings. The van der Waals surface area contributed by atoms with E-state index in [1.165, 1.54) is 19.4 Å². The van der Waals surface area contributed by atoms with Gasteiger partial charge in [-0.2, -0.15) is 5.10 Å². The fourth-order valence-corrected chi connectivity index (χ4v) is 2.82. The van der Waals surface area contributed by atoms with E-state index in [0.717, 1.165) is 30.2 Å². The van der Waals surface area contributed by atoms with Crippen molar-refractivity contribution in [3.8, 4) is 5.75 Å². The predicted molar refractivity (Wildman–Crippen MR) is 73.5 cm³/mol. The van der Waals surface area contributed by atoms with Crippen molar-refractivity contribution in [3.05, 3.63) is 24.2 Å². The van der Waals surface area contributed by atoms with Crippen LogP contribution in [0, 0.1) is 5.92 Å². The van der Waals surface area contributed by atoms with Crippen LogP contribution in [0.5, 0.6) is 5.75 Å². The molecule has 0 aromatic carbocycles. The van der Waals surface area contributed by atoms with E-state index in [1.807, 2.05) is 22.8 Å². The number of hydrogen-bond donors (Lipinski definition) is 0. The van der Waals surface area contributed by atoms with Gasteiger partial charge < -0.3 is 9.64 Å². The minimum Gasteiger partial charge on any atom is -0.497 e. The Morgan fingerprint density at radius 1 is 1.47 bits per heavy atom. The molecular formula is C14H20N4O. The minimum absolute atomic E-state index is 0.679. The molecule has 102 valence electrons. The summed E-state index contributed by atoms with van der Waals surface area (Å²) >= 11 is 0. The highest BCUT2D eigenvalue weighted by atomic mass is 16.5. The number of pyridine rings is 1. The molecule has 1 atom stereocenters. The SMILES string of the molecule is COc1ccn2nc(CC3CCCN(C)C3)nc2c1. The van der Waals surface area contributed by atoms with Crippen molar-refractivity contribution < 1.29 is 4.74 Å². The molecule has 19 heavy (non-hydrogen) atoms. The number of likely N-dealkylation sites (tertiary alicyclic amines) is 1. The zero-order valence-corrected chi connectivity index (χ0v) is 11.5. The standard InChI is InChI=1S/C14H20N4O/c1-17-6-3-4-11(10-17)8-13-15-14-9-12(19-2)5-7-18(14)16-13/h5,7,9,11H,3-4,6,8,10H2,1-2H3. The van der Waals surface area contributed by atoms with Crippen LogP contribution >= 0.6 is 0 Å². The third-order valence-electron chi connectivity index (χ3n) is 3.78. The third kappa shape index (κ3) is 2.71. The van der Waals surface area contributed by atoms with Crippen LogP contribution in [-0.2, 0) is 6.42 Å². The summed E-state index contributed by atoms with van der Waals surface area (Å²) in [4.78, 5) is 6.99. The number of ether oxygens (including phenoxy) is 1. The lowest BCUT2D eigenvalue weighted by molar-refractivity contribution is 0.207. The maximum Gasteiger partial charge on any atom is 0.159 e. The number of piperidine rings is 1. The Labute approximate surface area is 113 Å². The molecule has 1 fully saturated rings. The van der Waals surface area contributed by atoms with Crippen LogP contribution in [0.2, 0.25) is 0 Å². The van der Waals surface area contributed by atoms with Crippen molar-refractivity contribution in [2.24, 2.45) is 5.92 Å². The fourth-order valence-electron chi connectivity index (χ4n) is 2.82. The van der Waals surface area contributed by atoms with Gasteiger partial charge in [0.15, 0.2) is 11.5 Å². The van der Waals surface area contributed by atoms with Gasteiger partial charge in [-0.05, 0) is 38.4 Å². The normalized spacial score (nSPS) is 20.8. The summed E-state index contributed by atoms with van der Waals surface area (Å²) in [5.74, 6) is 2.44. The van der Waals surface area contributed by atoms with Crippen LogP contribution in [-0.4, -0.2) is 46.7 Å². The van der Waals surface area contributed by atoms with Gasteiger partial charge in [0.05, 0.1) is 7.11 Å². The lowest BCUT2D eigenvalue weighted by Gasteiger charge is -2.28. The second kappa shape index (κ2) is 5.17. The first-order valence-corrected chi connectivity index (χ1v) is 6.82. The maximum absolute atomic E-state index is 5.21. The highest BCUT2D eigenvalue weighted by molar-refractivity contribution is 5.43. The average Bonchev–Trinajstić information content (AvgIpc) is 2.79. The molecule has 5 nitrogen and oxygen atoms in total. The first-order valence-electron chi connectivity index (χ1n) is 6.82. The van der Waals surface area contributed by atoms with E-state index in [-0.39, 0.29) is 0 Å². The monoisotopic (exact) mass is 260 g/mol. The average molecular weight is 260 g/mol. The lowest BCUT2D eigenvalue weighted by atomic mass is 9.95. The fraction of sp³-hybridized carbons (Fsp3) is 0.571. The molecule has 1 aliphatic rings. The molecule has 1 aliphatic heterocycles. The zero-order chi connectivity index (χ0) is 13.2. The van der Waals surface area contributed by atoms with Crippen molar-refractivity contribution in [2.75, 3.05) is 27.2 Å². The van der Waals surface area contributed by atoms with E-state index in [0.29, 0.717) is 5.92 Å². The van der Waals surface area contributed by atoms with Crippen molar-refractivity contribution in [1.82, 2.24) is 19.5 Å². The summed E-state index contributed by atoms with van der Waals surface area (Å²) in [6.45, 7) is 2.37. The number of methoxy groups -OCH3 is 1. The summed E-state index contributed by atoms with van der Waals surface area (Å²) in [5.41, 5.74) is 0.860. The Kier molecular flexibility index (Phi) is 3.38. The molecule has 0 N–H and O–H groups in total. The Morgan fingerprint density at radius 2 is 2.37 bits per heavy atom. The van der Waals surface area contributed by atoms with Crippen LogP contribution in [0.3, 0.4) is 0 Å². The van der Waals surface area contributed by atoms with Crippen LogP contribution in [0.25, 0.3) is 5.65 Å². The van der Waals surface area contributed by atoms with Gasteiger partial charge in [-0.1, -0.05) is 0 Å². The van der Waals surface area contributed by atoms with Crippen molar-refractivity contribution in [2.45, 2.75) is 19.3 Å². The van der Waals surface area contributed by atoms with Gasteiger partial charge in [0.1, 0.15) is 5.75 Å². The van der Waals surface area contributed by atoms with Gasteiger partial charge in [-0.3, -0.25) is 0 Å². The van der Waals surface area contributed by atoms with Crippen LogP contribution in [0.4, 0.5) is 0 Å². The van der Waals surface area contributed by atoms with Crippen molar-refractivity contribution in [1.29, 1.82) is 0 Å². The highest BCUT2D eigenvalue weighted by Crippen LogP contribution is 2.19. The van der Waals surface area contributed by atoms with Crippen molar-refractivity contribution >= 4 is 5.65 Å². The van der Waals surface area contributed by atoms with Crippen LogP contribution in [0.15, 0.2) is 18.3 Å². The molecule has 3 rings (SSSR count). The van der Waals surface area contributed by atoms with E-state index in [1.54, 1.807) is 7.11 Å². The molecule has 0 saturated carbocycles. The first-order chi connectivity index (χ1) is 9.24.